The lowest BCUT2D eigenvalue weighted by atomic mass is 10.2. The summed E-state index contributed by atoms with van der Waals surface area (Å²) in [4.78, 5) is 26.2. The van der Waals surface area contributed by atoms with Gasteiger partial charge in [0.05, 0.1) is 16.9 Å². The van der Waals surface area contributed by atoms with Crippen LogP contribution in [-0.4, -0.2) is 31.7 Å². The number of hydrogen-bond acceptors (Lipinski definition) is 3. The second kappa shape index (κ2) is 5.20. The summed E-state index contributed by atoms with van der Waals surface area (Å²) in [5.74, 6) is -1.45. The third-order valence-electron chi connectivity index (χ3n) is 3.02. The van der Waals surface area contributed by atoms with Crippen molar-refractivity contribution in [3.05, 3.63) is 34.9 Å². The van der Waals surface area contributed by atoms with E-state index in [1.165, 1.54) is 6.20 Å². The molecule has 3 N–H and O–H groups in total. The normalized spacial score (nSPS) is 10.6. The molecule has 7 heteroatoms. The van der Waals surface area contributed by atoms with Gasteiger partial charge in [-0.2, -0.15) is 5.10 Å². The van der Waals surface area contributed by atoms with E-state index < -0.39 is 5.97 Å². The first-order chi connectivity index (χ1) is 9.43. The number of carbonyl (C=O) groups is 2. The van der Waals surface area contributed by atoms with E-state index in [2.05, 4.69) is 15.4 Å². The van der Waals surface area contributed by atoms with E-state index in [1.54, 1.807) is 24.9 Å². The molecule has 2 aromatic rings. The Morgan fingerprint density at radius 1 is 1.50 bits per heavy atom. The number of carboxylic acid groups (broad SMARTS) is 1. The molecule has 20 heavy (non-hydrogen) atoms. The van der Waals surface area contributed by atoms with Crippen LogP contribution in [0.4, 0.5) is 5.69 Å². The van der Waals surface area contributed by atoms with Crippen LogP contribution in [0.25, 0.3) is 0 Å². The van der Waals surface area contributed by atoms with E-state index >= 15 is 0 Å². The number of rotatable bonds is 4. The highest BCUT2D eigenvalue weighted by molar-refractivity contribution is 6.08. The molecule has 0 aromatic carbocycles. The Morgan fingerprint density at radius 2 is 2.20 bits per heavy atom. The number of nitrogens with one attached hydrogen (secondary N) is 2. The van der Waals surface area contributed by atoms with E-state index in [0.717, 1.165) is 0 Å². The van der Waals surface area contributed by atoms with E-state index in [9.17, 15) is 9.59 Å². The van der Waals surface area contributed by atoms with Crippen molar-refractivity contribution in [3.8, 4) is 0 Å². The summed E-state index contributed by atoms with van der Waals surface area (Å²) in [6, 6.07) is 0. The van der Waals surface area contributed by atoms with Gasteiger partial charge in [0.25, 0.3) is 5.91 Å². The summed E-state index contributed by atoms with van der Waals surface area (Å²) in [5.41, 5.74) is 1.94. The summed E-state index contributed by atoms with van der Waals surface area (Å²) in [6.45, 7) is 3.54. The molecular weight excluding hydrogens is 260 g/mol. The molecule has 2 rings (SSSR count). The van der Waals surface area contributed by atoms with Crippen LogP contribution < -0.4 is 5.32 Å². The zero-order valence-electron chi connectivity index (χ0n) is 11.5. The Morgan fingerprint density at radius 3 is 2.80 bits per heavy atom. The number of aromatic carboxylic acids is 1. The van der Waals surface area contributed by atoms with Crippen molar-refractivity contribution < 1.29 is 14.7 Å². The number of amides is 1. The summed E-state index contributed by atoms with van der Waals surface area (Å²) in [6.07, 6.45) is 3.72. The molecule has 0 atom stereocenters. The van der Waals surface area contributed by atoms with Gasteiger partial charge < -0.3 is 15.4 Å². The zero-order chi connectivity index (χ0) is 14.9. The standard InChI is InChI=1S/C13H16N4O3/c1-4-9-8(6-17(3)16-9)12(18)15-10-5-14-7(2)11(10)13(19)20/h5-6,14H,4H2,1-3H3,(H,15,18)(H,19,20). The molecule has 0 spiro atoms. The molecule has 0 aliphatic rings. The van der Waals surface area contributed by atoms with E-state index in [0.29, 0.717) is 23.4 Å². The first-order valence-electron chi connectivity index (χ1n) is 6.19. The van der Waals surface area contributed by atoms with Crippen LogP contribution in [0.3, 0.4) is 0 Å². The Balaban J connectivity index is 2.30. The van der Waals surface area contributed by atoms with Crippen molar-refractivity contribution >= 4 is 17.6 Å². The molecule has 1 amide bonds. The first-order valence-corrected chi connectivity index (χ1v) is 6.19. The van der Waals surface area contributed by atoms with Gasteiger partial charge >= 0.3 is 5.97 Å². The van der Waals surface area contributed by atoms with Crippen LogP contribution in [-0.2, 0) is 13.5 Å². The van der Waals surface area contributed by atoms with E-state index in [-0.39, 0.29) is 17.2 Å². The highest BCUT2D eigenvalue weighted by Gasteiger charge is 2.20. The minimum atomic E-state index is -1.08. The SMILES string of the molecule is CCc1nn(C)cc1C(=O)Nc1c[nH]c(C)c1C(=O)O. The van der Waals surface area contributed by atoms with Crippen LogP contribution in [0.2, 0.25) is 0 Å². The van der Waals surface area contributed by atoms with Crippen LogP contribution >= 0.6 is 0 Å². The van der Waals surface area contributed by atoms with Crippen molar-refractivity contribution in [1.82, 2.24) is 14.8 Å². The van der Waals surface area contributed by atoms with Gasteiger partial charge in [0.1, 0.15) is 5.56 Å². The van der Waals surface area contributed by atoms with Gasteiger partial charge in [-0.25, -0.2) is 4.79 Å². The number of hydrogen-bond donors (Lipinski definition) is 3. The maximum Gasteiger partial charge on any atom is 0.339 e. The summed E-state index contributed by atoms with van der Waals surface area (Å²) in [5, 5.41) is 15.9. The Kier molecular flexibility index (Phi) is 3.60. The highest BCUT2D eigenvalue weighted by atomic mass is 16.4. The zero-order valence-corrected chi connectivity index (χ0v) is 11.5. The fraction of sp³-hybridized carbons (Fsp3) is 0.308. The van der Waals surface area contributed by atoms with Gasteiger partial charge in [-0.3, -0.25) is 9.48 Å². The number of anilines is 1. The molecule has 106 valence electrons. The fourth-order valence-electron chi connectivity index (χ4n) is 2.08. The van der Waals surface area contributed by atoms with Gasteiger partial charge in [-0.05, 0) is 13.3 Å². The molecule has 0 bridgehead atoms. The molecule has 0 saturated heterocycles. The van der Waals surface area contributed by atoms with Gasteiger partial charge in [-0.15, -0.1) is 0 Å². The third kappa shape index (κ3) is 2.42. The minimum absolute atomic E-state index is 0.0697. The van der Waals surface area contributed by atoms with Crippen LogP contribution in [0.5, 0.6) is 0 Å². The number of nitrogens with zero attached hydrogens (tertiary/aromatic N) is 2. The van der Waals surface area contributed by atoms with E-state index in [4.69, 9.17) is 5.11 Å². The van der Waals surface area contributed by atoms with Crippen LogP contribution in [0.1, 0.15) is 39.0 Å². The Hall–Kier alpha value is -2.57. The molecular formula is C13H16N4O3. The van der Waals surface area contributed by atoms with Crippen LogP contribution in [0, 0.1) is 6.92 Å². The summed E-state index contributed by atoms with van der Waals surface area (Å²) < 4.78 is 1.56. The number of carboxylic acids is 1. The predicted molar refractivity (Wildman–Crippen MR) is 73.0 cm³/mol. The molecule has 0 unspecified atom stereocenters. The van der Waals surface area contributed by atoms with Crippen molar-refractivity contribution in [2.45, 2.75) is 20.3 Å². The molecule has 0 radical (unpaired) electrons. The number of H-pyrrole nitrogens is 1. The molecule has 2 heterocycles. The smallest absolute Gasteiger partial charge is 0.339 e. The van der Waals surface area contributed by atoms with Crippen molar-refractivity contribution in [2.75, 3.05) is 5.32 Å². The second-order valence-corrected chi connectivity index (χ2v) is 4.48. The topological polar surface area (TPSA) is 100 Å². The second-order valence-electron chi connectivity index (χ2n) is 4.48. The van der Waals surface area contributed by atoms with Gasteiger partial charge in [0, 0.05) is 25.1 Å². The average molecular weight is 276 g/mol. The predicted octanol–water partition coefficient (Wildman–Crippen LogP) is 1.57. The average Bonchev–Trinajstić information content (AvgIpc) is 2.92. The van der Waals surface area contributed by atoms with Crippen molar-refractivity contribution in [3.63, 3.8) is 0 Å². The maximum atomic E-state index is 12.2. The lowest BCUT2D eigenvalue weighted by Crippen LogP contribution is -2.15. The molecule has 0 fully saturated rings. The van der Waals surface area contributed by atoms with Crippen molar-refractivity contribution in [1.29, 1.82) is 0 Å². The maximum absolute atomic E-state index is 12.2. The monoisotopic (exact) mass is 276 g/mol. The quantitative estimate of drug-likeness (QED) is 0.789. The molecule has 7 nitrogen and oxygen atoms in total. The summed E-state index contributed by atoms with van der Waals surface area (Å²) >= 11 is 0. The Bertz CT molecular complexity index is 669. The lowest BCUT2D eigenvalue weighted by molar-refractivity contribution is 0.0697. The van der Waals surface area contributed by atoms with Gasteiger partial charge in [0.2, 0.25) is 0 Å². The fourth-order valence-corrected chi connectivity index (χ4v) is 2.08. The largest absolute Gasteiger partial charge is 0.478 e. The van der Waals surface area contributed by atoms with Gasteiger partial charge in [0.15, 0.2) is 0 Å². The lowest BCUT2D eigenvalue weighted by Gasteiger charge is -2.04. The number of aromatic nitrogens is 3. The Labute approximate surface area is 115 Å². The van der Waals surface area contributed by atoms with E-state index in [1.807, 2.05) is 6.92 Å². The molecule has 0 saturated carbocycles. The van der Waals surface area contributed by atoms with Crippen LogP contribution in [0.15, 0.2) is 12.4 Å². The number of aromatic amines is 1. The number of carbonyl (C=O) groups excluding carboxylic acids is 1. The van der Waals surface area contributed by atoms with Gasteiger partial charge in [-0.1, -0.05) is 6.92 Å². The number of aryl methyl sites for hydroxylation is 3. The highest BCUT2D eigenvalue weighted by Crippen LogP contribution is 2.20. The van der Waals surface area contributed by atoms with Crippen molar-refractivity contribution in [2.24, 2.45) is 7.05 Å². The first kappa shape index (κ1) is 13.9. The molecule has 0 aliphatic heterocycles. The third-order valence-corrected chi connectivity index (χ3v) is 3.02. The molecule has 0 aliphatic carbocycles. The minimum Gasteiger partial charge on any atom is -0.478 e. The summed E-state index contributed by atoms with van der Waals surface area (Å²) in [7, 11) is 1.74. The molecule has 2 aromatic heterocycles.